The Morgan fingerprint density at radius 2 is 2.15 bits per heavy atom. The number of carbonyl (C=O) groups is 1. The Kier molecular flexibility index (Phi) is 4.67. The van der Waals surface area contributed by atoms with Gasteiger partial charge in [0.15, 0.2) is 6.04 Å². The highest BCUT2D eigenvalue weighted by atomic mass is 79.9. The topological polar surface area (TPSA) is 58.6 Å². The van der Waals surface area contributed by atoms with Crippen molar-refractivity contribution in [3.05, 3.63) is 44.6 Å². The minimum absolute atomic E-state index is 0.617. The first kappa shape index (κ1) is 14.9. The van der Waals surface area contributed by atoms with Crippen LogP contribution in [0.5, 0.6) is 5.75 Å². The predicted octanol–water partition coefficient (Wildman–Crippen LogP) is 4.07. The lowest BCUT2D eigenvalue weighted by atomic mass is 10.2. The maximum absolute atomic E-state index is 11.5. The molecule has 1 unspecified atom stereocenters. The van der Waals surface area contributed by atoms with Crippen LogP contribution in [0, 0.1) is 6.92 Å². The number of para-hydroxylation sites is 2. The minimum Gasteiger partial charge on any atom is -0.495 e. The van der Waals surface area contributed by atoms with Crippen LogP contribution in [0.15, 0.2) is 34.8 Å². The average molecular weight is 356 g/mol. The van der Waals surface area contributed by atoms with Crippen molar-refractivity contribution >= 4 is 38.9 Å². The molecule has 0 fully saturated rings. The van der Waals surface area contributed by atoms with E-state index in [1.54, 1.807) is 19.2 Å². The molecule has 0 aliphatic rings. The highest BCUT2D eigenvalue weighted by Gasteiger charge is 2.23. The molecule has 0 aliphatic heterocycles. The van der Waals surface area contributed by atoms with Crippen LogP contribution in [-0.4, -0.2) is 18.2 Å². The molecule has 4 nitrogen and oxygen atoms in total. The van der Waals surface area contributed by atoms with Gasteiger partial charge in [-0.2, -0.15) is 0 Å². The summed E-state index contributed by atoms with van der Waals surface area (Å²) in [6.45, 7) is 1.94. The van der Waals surface area contributed by atoms with Gasteiger partial charge in [0, 0.05) is 14.2 Å². The van der Waals surface area contributed by atoms with Gasteiger partial charge in [-0.15, -0.1) is 11.3 Å². The molecule has 106 valence electrons. The third-order valence-electron chi connectivity index (χ3n) is 2.81. The molecule has 2 aromatic rings. The standard InChI is InChI=1S/C14H14BrNO3S/c1-8-9(15)7-12(20-8)13(14(17)18)16-10-5-3-4-6-11(10)19-2/h3-7,13,16H,1-2H3,(H,17,18). The van der Waals surface area contributed by atoms with E-state index in [0.29, 0.717) is 11.4 Å². The Morgan fingerprint density at radius 3 is 2.70 bits per heavy atom. The Labute approximate surface area is 129 Å². The Balaban J connectivity index is 2.33. The molecular weight excluding hydrogens is 342 g/mol. The molecule has 20 heavy (non-hydrogen) atoms. The number of anilines is 1. The normalized spacial score (nSPS) is 11.9. The molecule has 0 spiro atoms. The molecule has 0 amide bonds. The van der Waals surface area contributed by atoms with Crippen molar-refractivity contribution in [1.29, 1.82) is 0 Å². The molecule has 0 radical (unpaired) electrons. The second-order valence-electron chi connectivity index (χ2n) is 4.17. The first-order valence-electron chi connectivity index (χ1n) is 5.91. The number of rotatable bonds is 5. The van der Waals surface area contributed by atoms with Gasteiger partial charge in [0.25, 0.3) is 0 Å². The molecule has 1 heterocycles. The van der Waals surface area contributed by atoms with E-state index in [9.17, 15) is 9.90 Å². The molecular formula is C14H14BrNO3S. The lowest BCUT2D eigenvalue weighted by Gasteiger charge is -2.16. The monoisotopic (exact) mass is 355 g/mol. The first-order chi connectivity index (χ1) is 9.52. The Hall–Kier alpha value is -1.53. The van der Waals surface area contributed by atoms with Crippen LogP contribution in [0.4, 0.5) is 5.69 Å². The van der Waals surface area contributed by atoms with Crippen LogP contribution < -0.4 is 10.1 Å². The van der Waals surface area contributed by atoms with E-state index in [1.807, 2.05) is 25.1 Å². The van der Waals surface area contributed by atoms with E-state index in [4.69, 9.17) is 4.74 Å². The second-order valence-corrected chi connectivity index (χ2v) is 6.31. The van der Waals surface area contributed by atoms with E-state index < -0.39 is 12.0 Å². The molecule has 2 N–H and O–H groups in total. The summed E-state index contributed by atoms with van der Waals surface area (Å²) in [6.07, 6.45) is 0. The number of halogens is 1. The van der Waals surface area contributed by atoms with Gasteiger partial charge in [0.05, 0.1) is 12.8 Å². The number of aliphatic carboxylic acids is 1. The number of ether oxygens (including phenoxy) is 1. The summed E-state index contributed by atoms with van der Waals surface area (Å²) in [7, 11) is 1.56. The van der Waals surface area contributed by atoms with Crippen molar-refractivity contribution in [3.63, 3.8) is 0 Å². The number of hydrogen-bond donors (Lipinski definition) is 2. The molecule has 1 aromatic heterocycles. The van der Waals surface area contributed by atoms with Crippen LogP contribution >= 0.6 is 27.3 Å². The first-order valence-corrected chi connectivity index (χ1v) is 7.52. The number of methoxy groups -OCH3 is 1. The van der Waals surface area contributed by atoms with Crippen LogP contribution in [0.1, 0.15) is 15.8 Å². The average Bonchev–Trinajstić information content (AvgIpc) is 2.75. The van der Waals surface area contributed by atoms with Crippen molar-refractivity contribution in [3.8, 4) is 5.75 Å². The molecule has 0 aliphatic carbocycles. The molecule has 1 atom stereocenters. The fourth-order valence-electron chi connectivity index (χ4n) is 1.80. The number of thiophene rings is 1. The third kappa shape index (κ3) is 3.13. The number of carboxylic acid groups (broad SMARTS) is 1. The van der Waals surface area contributed by atoms with Crippen LogP contribution in [0.3, 0.4) is 0 Å². The molecule has 0 saturated carbocycles. The summed E-state index contributed by atoms with van der Waals surface area (Å²) in [6, 6.07) is 8.29. The summed E-state index contributed by atoms with van der Waals surface area (Å²) in [5.74, 6) is -0.309. The maximum atomic E-state index is 11.5. The van der Waals surface area contributed by atoms with Gasteiger partial charge in [-0.25, -0.2) is 4.79 Å². The summed E-state index contributed by atoms with van der Waals surface area (Å²) < 4.78 is 6.15. The minimum atomic E-state index is -0.926. The van der Waals surface area contributed by atoms with Crippen LogP contribution in [0.2, 0.25) is 0 Å². The largest absolute Gasteiger partial charge is 0.495 e. The molecule has 6 heteroatoms. The van der Waals surface area contributed by atoms with E-state index in [0.717, 1.165) is 14.2 Å². The SMILES string of the molecule is COc1ccccc1NC(C(=O)O)c1cc(Br)c(C)s1. The highest BCUT2D eigenvalue weighted by Crippen LogP contribution is 2.34. The van der Waals surface area contributed by atoms with Crippen molar-refractivity contribution < 1.29 is 14.6 Å². The smallest absolute Gasteiger partial charge is 0.331 e. The van der Waals surface area contributed by atoms with Gasteiger partial charge in [-0.1, -0.05) is 12.1 Å². The fraction of sp³-hybridized carbons (Fsp3) is 0.214. The zero-order valence-corrected chi connectivity index (χ0v) is 13.4. The summed E-state index contributed by atoms with van der Waals surface area (Å²) in [5.41, 5.74) is 0.657. The number of carboxylic acids is 1. The van der Waals surface area contributed by atoms with Crippen molar-refractivity contribution in [2.75, 3.05) is 12.4 Å². The van der Waals surface area contributed by atoms with E-state index in [2.05, 4.69) is 21.2 Å². The Morgan fingerprint density at radius 1 is 1.45 bits per heavy atom. The number of aryl methyl sites for hydroxylation is 1. The van der Waals surface area contributed by atoms with E-state index in [-0.39, 0.29) is 0 Å². The number of hydrogen-bond acceptors (Lipinski definition) is 4. The summed E-state index contributed by atoms with van der Waals surface area (Å²) in [4.78, 5) is 13.3. The van der Waals surface area contributed by atoms with E-state index >= 15 is 0 Å². The van der Waals surface area contributed by atoms with Gasteiger partial charge in [-0.3, -0.25) is 0 Å². The summed E-state index contributed by atoms with van der Waals surface area (Å²) in [5, 5.41) is 12.5. The number of benzene rings is 1. The Bertz CT molecular complexity index is 607. The lowest BCUT2D eigenvalue weighted by Crippen LogP contribution is -2.19. The van der Waals surface area contributed by atoms with Gasteiger partial charge >= 0.3 is 5.97 Å². The highest BCUT2D eigenvalue weighted by molar-refractivity contribution is 9.10. The molecule has 0 saturated heterocycles. The lowest BCUT2D eigenvalue weighted by molar-refractivity contribution is -0.138. The molecule has 2 rings (SSSR count). The molecule has 0 bridgehead atoms. The van der Waals surface area contributed by atoms with Crippen molar-refractivity contribution in [2.45, 2.75) is 13.0 Å². The zero-order chi connectivity index (χ0) is 14.7. The van der Waals surface area contributed by atoms with Gasteiger partial charge < -0.3 is 15.2 Å². The van der Waals surface area contributed by atoms with Gasteiger partial charge in [-0.05, 0) is 41.1 Å². The quantitative estimate of drug-likeness (QED) is 0.848. The predicted molar refractivity (Wildman–Crippen MR) is 83.7 cm³/mol. The van der Waals surface area contributed by atoms with Crippen LogP contribution in [-0.2, 0) is 4.79 Å². The second kappa shape index (κ2) is 6.28. The fourth-order valence-corrected chi connectivity index (χ4v) is 3.40. The molecule has 1 aromatic carbocycles. The van der Waals surface area contributed by atoms with Gasteiger partial charge in [0.1, 0.15) is 5.75 Å². The van der Waals surface area contributed by atoms with Crippen LogP contribution in [0.25, 0.3) is 0 Å². The number of nitrogens with one attached hydrogen (secondary N) is 1. The van der Waals surface area contributed by atoms with Crippen molar-refractivity contribution in [1.82, 2.24) is 0 Å². The van der Waals surface area contributed by atoms with Gasteiger partial charge in [0.2, 0.25) is 0 Å². The summed E-state index contributed by atoms with van der Waals surface area (Å²) >= 11 is 4.86. The zero-order valence-electron chi connectivity index (χ0n) is 11.0. The van der Waals surface area contributed by atoms with E-state index in [1.165, 1.54) is 11.3 Å². The van der Waals surface area contributed by atoms with Crippen molar-refractivity contribution in [2.24, 2.45) is 0 Å². The third-order valence-corrected chi connectivity index (χ3v) is 5.02. The maximum Gasteiger partial charge on any atom is 0.331 e.